The van der Waals surface area contributed by atoms with Gasteiger partial charge in [-0.05, 0) is 18.6 Å². The van der Waals surface area contributed by atoms with E-state index in [1.165, 1.54) is 11.3 Å². The number of thiazole rings is 1. The second kappa shape index (κ2) is 6.29. The largest absolute Gasteiger partial charge is 0.506 e. The van der Waals surface area contributed by atoms with Crippen LogP contribution in [0.2, 0.25) is 0 Å². The van der Waals surface area contributed by atoms with Gasteiger partial charge in [0.05, 0.1) is 0 Å². The van der Waals surface area contributed by atoms with Crippen molar-refractivity contribution < 1.29 is 5.11 Å². The SMILES string of the molecule is CCCN(C)c1ccc(N=Nc2nccs2)c(O)c1. The molecule has 0 aliphatic rings. The Bertz CT molecular complexity index is 554. The molecule has 0 amide bonds. The number of aromatic nitrogens is 1. The summed E-state index contributed by atoms with van der Waals surface area (Å²) >= 11 is 1.40. The van der Waals surface area contributed by atoms with Crippen LogP contribution >= 0.6 is 11.3 Å². The highest BCUT2D eigenvalue weighted by atomic mass is 32.1. The van der Waals surface area contributed by atoms with Crippen molar-refractivity contribution in [2.45, 2.75) is 13.3 Å². The average Bonchev–Trinajstić information content (AvgIpc) is 2.90. The van der Waals surface area contributed by atoms with Gasteiger partial charge >= 0.3 is 0 Å². The lowest BCUT2D eigenvalue weighted by molar-refractivity contribution is 0.476. The van der Waals surface area contributed by atoms with E-state index in [1.807, 2.05) is 18.5 Å². The van der Waals surface area contributed by atoms with E-state index in [0.29, 0.717) is 10.8 Å². The monoisotopic (exact) mass is 276 g/mol. The average molecular weight is 276 g/mol. The molecule has 0 spiro atoms. The predicted octanol–water partition coefficient (Wildman–Crippen LogP) is 4.11. The van der Waals surface area contributed by atoms with Crippen molar-refractivity contribution in [3.05, 3.63) is 29.8 Å². The number of hydrogen-bond donors (Lipinski definition) is 1. The lowest BCUT2D eigenvalue weighted by Gasteiger charge is -2.18. The van der Waals surface area contributed by atoms with Crippen LogP contribution in [0.3, 0.4) is 0 Å². The highest BCUT2D eigenvalue weighted by Gasteiger charge is 2.05. The molecule has 0 aliphatic heterocycles. The van der Waals surface area contributed by atoms with E-state index in [0.717, 1.165) is 18.7 Å². The van der Waals surface area contributed by atoms with Crippen molar-refractivity contribution in [1.29, 1.82) is 0 Å². The van der Waals surface area contributed by atoms with Crippen molar-refractivity contribution in [3.63, 3.8) is 0 Å². The molecule has 2 rings (SSSR count). The van der Waals surface area contributed by atoms with E-state index in [2.05, 4.69) is 27.0 Å². The molecule has 0 fully saturated rings. The molecule has 2 aromatic rings. The fourth-order valence-electron chi connectivity index (χ4n) is 1.66. The molecule has 0 atom stereocenters. The lowest BCUT2D eigenvalue weighted by atomic mass is 10.2. The molecular formula is C13H16N4OS. The smallest absolute Gasteiger partial charge is 0.229 e. The highest BCUT2D eigenvalue weighted by Crippen LogP contribution is 2.32. The summed E-state index contributed by atoms with van der Waals surface area (Å²) in [6, 6.07) is 5.38. The van der Waals surface area contributed by atoms with Gasteiger partial charge < -0.3 is 10.0 Å². The maximum atomic E-state index is 9.94. The number of phenolic OH excluding ortho intramolecular Hbond substituents is 1. The van der Waals surface area contributed by atoms with Crippen molar-refractivity contribution in [2.75, 3.05) is 18.5 Å². The summed E-state index contributed by atoms with van der Waals surface area (Å²) in [4.78, 5) is 6.08. The predicted molar refractivity (Wildman–Crippen MR) is 78.0 cm³/mol. The van der Waals surface area contributed by atoms with Crippen LogP contribution in [0.25, 0.3) is 0 Å². The molecule has 0 saturated heterocycles. The second-order valence-electron chi connectivity index (χ2n) is 4.11. The normalized spacial score (nSPS) is 11.1. The number of hydrogen-bond acceptors (Lipinski definition) is 6. The van der Waals surface area contributed by atoms with Gasteiger partial charge in [-0.1, -0.05) is 6.92 Å². The molecule has 5 nitrogen and oxygen atoms in total. The van der Waals surface area contributed by atoms with Gasteiger partial charge in [-0.25, -0.2) is 4.98 Å². The Labute approximate surface area is 116 Å². The van der Waals surface area contributed by atoms with Crippen LogP contribution in [-0.2, 0) is 0 Å². The Kier molecular flexibility index (Phi) is 4.46. The van der Waals surface area contributed by atoms with E-state index in [4.69, 9.17) is 0 Å². The Hall–Kier alpha value is -1.95. The van der Waals surface area contributed by atoms with Crippen molar-refractivity contribution >= 4 is 27.8 Å². The number of anilines is 1. The van der Waals surface area contributed by atoms with Gasteiger partial charge in [0.1, 0.15) is 11.4 Å². The number of phenols is 1. The van der Waals surface area contributed by atoms with Crippen LogP contribution in [-0.4, -0.2) is 23.7 Å². The molecule has 0 unspecified atom stereocenters. The van der Waals surface area contributed by atoms with Crippen LogP contribution in [0.15, 0.2) is 40.0 Å². The first-order chi connectivity index (χ1) is 9.20. The third kappa shape index (κ3) is 3.51. The Balaban J connectivity index is 2.15. The molecule has 0 saturated carbocycles. The molecule has 0 bridgehead atoms. The van der Waals surface area contributed by atoms with Crippen molar-refractivity contribution in [2.24, 2.45) is 10.2 Å². The van der Waals surface area contributed by atoms with E-state index < -0.39 is 0 Å². The topological polar surface area (TPSA) is 61.1 Å². The number of nitrogens with zero attached hydrogens (tertiary/aromatic N) is 4. The molecule has 1 N–H and O–H groups in total. The third-order valence-electron chi connectivity index (χ3n) is 2.62. The van der Waals surface area contributed by atoms with E-state index in [9.17, 15) is 5.11 Å². The van der Waals surface area contributed by atoms with Crippen LogP contribution in [0.1, 0.15) is 13.3 Å². The zero-order chi connectivity index (χ0) is 13.7. The number of azo groups is 1. The maximum absolute atomic E-state index is 9.94. The molecule has 19 heavy (non-hydrogen) atoms. The summed E-state index contributed by atoms with van der Waals surface area (Å²) in [5.41, 5.74) is 1.41. The molecular weight excluding hydrogens is 260 g/mol. The van der Waals surface area contributed by atoms with Gasteiger partial charge in [-0.3, -0.25) is 0 Å². The fourth-order valence-corrected chi connectivity index (χ4v) is 2.11. The number of rotatable bonds is 5. The van der Waals surface area contributed by atoms with E-state index >= 15 is 0 Å². The number of aromatic hydroxyl groups is 1. The van der Waals surface area contributed by atoms with Crippen LogP contribution in [0.4, 0.5) is 16.5 Å². The fraction of sp³-hybridized carbons (Fsp3) is 0.308. The lowest BCUT2D eigenvalue weighted by Crippen LogP contribution is -2.17. The number of benzene rings is 1. The minimum atomic E-state index is 0.126. The van der Waals surface area contributed by atoms with Gasteiger partial charge in [-0.2, -0.15) is 0 Å². The molecule has 0 radical (unpaired) electrons. The Morgan fingerprint density at radius 1 is 1.37 bits per heavy atom. The molecule has 1 aromatic heterocycles. The summed E-state index contributed by atoms with van der Waals surface area (Å²) in [6.45, 7) is 3.06. The second-order valence-corrected chi connectivity index (χ2v) is 4.98. The molecule has 1 heterocycles. The van der Waals surface area contributed by atoms with Gasteiger partial charge in [-0.15, -0.1) is 21.6 Å². The molecule has 0 aliphatic carbocycles. The summed E-state index contributed by atoms with van der Waals surface area (Å²) in [5, 5.41) is 20.3. The van der Waals surface area contributed by atoms with Gasteiger partial charge in [0, 0.05) is 36.9 Å². The molecule has 1 aromatic carbocycles. The summed E-state index contributed by atoms with van der Waals surface area (Å²) in [6.07, 6.45) is 2.73. The van der Waals surface area contributed by atoms with Crippen LogP contribution < -0.4 is 4.90 Å². The summed E-state index contributed by atoms with van der Waals surface area (Å²) < 4.78 is 0. The Morgan fingerprint density at radius 3 is 2.84 bits per heavy atom. The van der Waals surface area contributed by atoms with E-state index in [-0.39, 0.29) is 5.75 Å². The van der Waals surface area contributed by atoms with Gasteiger partial charge in [0.15, 0.2) is 0 Å². The van der Waals surface area contributed by atoms with E-state index in [1.54, 1.807) is 18.3 Å². The van der Waals surface area contributed by atoms with Gasteiger partial charge in [0.25, 0.3) is 0 Å². The molecule has 6 heteroatoms. The van der Waals surface area contributed by atoms with Gasteiger partial charge in [0.2, 0.25) is 5.13 Å². The Morgan fingerprint density at radius 2 is 2.21 bits per heavy atom. The quantitative estimate of drug-likeness (QED) is 0.836. The van der Waals surface area contributed by atoms with Crippen molar-refractivity contribution in [1.82, 2.24) is 4.98 Å². The maximum Gasteiger partial charge on any atom is 0.229 e. The summed E-state index contributed by atoms with van der Waals surface area (Å²) in [5.74, 6) is 0.126. The zero-order valence-corrected chi connectivity index (χ0v) is 11.8. The van der Waals surface area contributed by atoms with Crippen LogP contribution in [0.5, 0.6) is 5.75 Å². The minimum Gasteiger partial charge on any atom is -0.506 e. The standard InChI is InChI=1S/C13H16N4OS/c1-3-7-17(2)10-4-5-11(12(18)9-10)15-16-13-14-6-8-19-13/h4-6,8-9,18H,3,7H2,1-2H3. The first-order valence-corrected chi connectivity index (χ1v) is 6.94. The third-order valence-corrected chi connectivity index (χ3v) is 3.28. The highest BCUT2D eigenvalue weighted by molar-refractivity contribution is 7.13. The van der Waals surface area contributed by atoms with Crippen molar-refractivity contribution in [3.8, 4) is 5.75 Å². The zero-order valence-electron chi connectivity index (χ0n) is 10.9. The first kappa shape index (κ1) is 13.5. The molecule has 100 valence electrons. The van der Waals surface area contributed by atoms with Crippen LogP contribution in [0, 0.1) is 0 Å². The summed E-state index contributed by atoms with van der Waals surface area (Å²) in [7, 11) is 2.00. The minimum absolute atomic E-state index is 0.126. The first-order valence-electron chi connectivity index (χ1n) is 6.06.